The van der Waals surface area contributed by atoms with Crippen molar-refractivity contribution in [2.75, 3.05) is 19.1 Å². The summed E-state index contributed by atoms with van der Waals surface area (Å²) in [5, 5.41) is 7.99. The first kappa shape index (κ1) is 10.0. The molecule has 0 radical (unpaired) electrons. The minimum Gasteiger partial charge on any atom is -0.495 e. The summed E-state index contributed by atoms with van der Waals surface area (Å²) in [7, 11) is 3.59. The van der Waals surface area contributed by atoms with Gasteiger partial charge in [0.15, 0.2) is 0 Å². The first-order valence-electron chi connectivity index (χ1n) is 5.19. The van der Waals surface area contributed by atoms with Gasteiger partial charge in [-0.05, 0) is 25.0 Å². The van der Waals surface area contributed by atoms with Crippen molar-refractivity contribution in [2.45, 2.75) is 12.8 Å². The summed E-state index contributed by atoms with van der Waals surface area (Å²) in [4.78, 5) is 1.91. The molecule has 0 spiro atoms. The van der Waals surface area contributed by atoms with Gasteiger partial charge >= 0.3 is 0 Å². The van der Waals surface area contributed by atoms with Crippen LogP contribution < -0.4 is 9.64 Å². The van der Waals surface area contributed by atoms with Crippen molar-refractivity contribution in [1.82, 2.24) is 0 Å². The standard InChI is InChI=1S/C12H16N2O/c1-14(12(13)9-7-8-9)10-5-3-4-6-11(10)15-2/h3-6,9,13H,7-8H2,1-2H3. The van der Waals surface area contributed by atoms with Crippen LogP contribution in [0, 0.1) is 11.3 Å². The van der Waals surface area contributed by atoms with E-state index in [1.165, 1.54) is 0 Å². The highest BCUT2D eigenvalue weighted by Crippen LogP contribution is 2.34. The van der Waals surface area contributed by atoms with Gasteiger partial charge in [-0.2, -0.15) is 0 Å². The molecule has 1 aliphatic rings. The van der Waals surface area contributed by atoms with Gasteiger partial charge in [0, 0.05) is 13.0 Å². The summed E-state index contributed by atoms with van der Waals surface area (Å²) in [5.41, 5.74) is 0.969. The lowest BCUT2D eigenvalue weighted by atomic mass is 10.2. The normalized spacial score (nSPS) is 14.8. The van der Waals surface area contributed by atoms with E-state index in [0.717, 1.165) is 24.3 Å². The summed E-state index contributed by atoms with van der Waals surface area (Å²) in [6, 6.07) is 7.81. The molecule has 0 aromatic heterocycles. The van der Waals surface area contributed by atoms with Crippen molar-refractivity contribution < 1.29 is 4.74 Å². The quantitative estimate of drug-likeness (QED) is 0.606. The molecule has 1 fully saturated rings. The molecule has 2 rings (SSSR count). The van der Waals surface area contributed by atoms with Crippen molar-refractivity contribution in [2.24, 2.45) is 5.92 Å². The molecule has 3 nitrogen and oxygen atoms in total. The predicted molar refractivity (Wildman–Crippen MR) is 61.8 cm³/mol. The zero-order valence-corrected chi connectivity index (χ0v) is 9.16. The van der Waals surface area contributed by atoms with E-state index in [-0.39, 0.29) is 0 Å². The van der Waals surface area contributed by atoms with Crippen LogP contribution in [0.25, 0.3) is 0 Å². The fraction of sp³-hybridized carbons (Fsp3) is 0.417. The fourth-order valence-electron chi connectivity index (χ4n) is 1.67. The number of anilines is 1. The Hall–Kier alpha value is -1.51. The Kier molecular flexibility index (Phi) is 2.62. The van der Waals surface area contributed by atoms with Crippen molar-refractivity contribution in [1.29, 1.82) is 5.41 Å². The Balaban J connectivity index is 2.23. The average Bonchev–Trinajstić information content (AvgIpc) is 3.11. The highest BCUT2D eigenvalue weighted by atomic mass is 16.5. The molecule has 15 heavy (non-hydrogen) atoms. The van der Waals surface area contributed by atoms with Gasteiger partial charge < -0.3 is 9.64 Å². The third-order valence-corrected chi connectivity index (χ3v) is 2.77. The summed E-state index contributed by atoms with van der Waals surface area (Å²) in [6.07, 6.45) is 2.30. The van der Waals surface area contributed by atoms with E-state index >= 15 is 0 Å². The van der Waals surface area contributed by atoms with Gasteiger partial charge in [0.1, 0.15) is 11.6 Å². The molecule has 1 saturated carbocycles. The van der Waals surface area contributed by atoms with Gasteiger partial charge in [-0.15, -0.1) is 0 Å². The molecule has 1 N–H and O–H groups in total. The van der Waals surface area contributed by atoms with Crippen LogP contribution in [-0.4, -0.2) is 20.0 Å². The molecule has 1 aliphatic carbocycles. The number of para-hydroxylation sites is 2. The Bertz CT molecular complexity index is 372. The van der Waals surface area contributed by atoms with E-state index in [1.807, 2.05) is 36.2 Å². The van der Waals surface area contributed by atoms with Crippen LogP contribution >= 0.6 is 0 Å². The molecule has 1 aromatic rings. The smallest absolute Gasteiger partial charge is 0.142 e. The summed E-state index contributed by atoms with van der Waals surface area (Å²) >= 11 is 0. The van der Waals surface area contributed by atoms with Crippen molar-refractivity contribution in [3.8, 4) is 5.75 Å². The maximum atomic E-state index is 7.99. The maximum absolute atomic E-state index is 7.99. The third kappa shape index (κ3) is 1.96. The van der Waals surface area contributed by atoms with Crippen molar-refractivity contribution >= 4 is 11.5 Å². The van der Waals surface area contributed by atoms with Crippen LogP contribution in [0.1, 0.15) is 12.8 Å². The molecule has 0 unspecified atom stereocenters. The topological polar surface area (TPSA) is 36.3 Å². The van der Waals surface area contributed by atoms with Crippen LogP contribution in [0.15, 0.2) is 24.3 Å². The monoisotopic (exact) mass is 204 g/mol. The molecule has 80 valence electrons. The van der Waals surface area contributed by atoms with Crippen LogP contribution in [0.3, 0.4) is 0 Å². The second-order valence-electron chi connectivity index (χ2n) is 3.89. The van der Waals surface area contributed by atoms with E-state index in [9.17, 15) is 0 Å². The predicted octanol–water partition coefficient (Wildman–Crippen LogP) is 2.52. The Morgan fingerprint density at radius 2 is 2.07 bits per heavy atom. The van der Waals surface area contributed by atoms with E-state index < -0.39 is 0 Å². The summed E-state index contributed by atoms with van der Waals surface area (Å²) in [5.74, 6) is 1.98. The Morgan fingerprint density at radius 3 is 2.67 bits per heavy atom. The molecule has 0 amide bonds. The molecule has 1 aromatic carbocycles. The number of amidine groups is 1. The Labute approximate surface area is 90.2 Å². The lowest BCUT2D eigenvalue weighted by Crippen LogP contribution is -2.27. The Morgan fingerprint density at radius 1 is 1.40 bits per heavy atom. The summed E-state index contributed by atoms with van der Waals surface area (Å²) in [6.45, 7) is 0. The molecule has 0 atom stereocenters. The number of ether oxygens (including phenoxy) is 1. The van der Waals surface area contributed by atoms with Crippen molar-refractivity contribution in [3.63, 3.8) is 0 Å². The van der Waals surface area contributed by atoms with Gasteiger partial charge in [-0.25, -0.2) is 0 Å². The first-order valence-corrected chi connectivity index (χ1v) is 5.19. The third-order valence-electron chi connectivity index (χ3n) is 2.77. The van der Waals surface area contributed by atoms with Gasteiger partial charge in [0.25, 0.3) is 0 Å². The van der Waals surface area contributed by atoms with Crippen molar-refractivity contribution in [3.05, 3.63) is 24.3 Å². The zero-order valence-electron chi connectivity index (χ0n) is 9.16. The maximum Gasteiger partial charge on any atom is 0.142 e. The van der Waals surface area contributed by atoms with Gasteiger partial charge in [0.05, 0.1) is 12.8 Å². The van der Waals surface area contributed by atoms with Crippen LogP contribution in [0.5, 0.6) is 5.75 Å². The second kappa shape index (κ2) is 3.93. The number of nitrogens with one attached hydrogen (secondary N) is 1. The molecule has 0 saturated heterocycles. The summed E-state index contributed by atoms with van der Waals surface area (Å²) < 4.78 is 5.28. The van der Waals surface area contributed by atoms with Crippen LogP contribution in [0.4, 0.5) is 5.69 Å². The number of hydrogen-bond donors (Lipinski definition) is 1. The van der Waals surface area contributed by atoms with Crippen LogP contribution in [0.2, 0.25) is 0 Å². The minimum atomic E-state index is 0.458. The van der Waals surface area contributed by atoms with E-state index in [1.54, 1.807) is 7.11 Å². The molecular formula is C12H16N2O. The lowest BCUT2D eigenvalue weighted by Gasteiger charge is -2.22. The zero-order chi connectivity index (χ0) is 10.8. The highest BCUT2D eigenvalue weighted by Gasteiger charge is 2.29. The van der Waals surface area contributed by atoms with Gasteiger partial charge in [-0.1, -0.05) is 12.1 Å². The molecular weight excluding hydrogens is 188 g/mol. The lowest BCUT2D eigenvalue weighted by molar-refractivity contribution is 0.416. The minimum absolute atomic E-state index is 0.458. The number of methoxy groups -OCH3 is 1. The van der Waals surface area contributed by atoms with E-state index in [4.69, 9.17) is 10.1 Å². The fourth-order valence-corrected chi connectivity index (χ4v) is 1.67. The SMILES string of the molecule is COc1ccccc1N(C)C(=N)C1CC1. The number of nitrogens with zero attached hydrogens (tertiary/aromatic N) is 1. The van der Waals surface area contributed by atoms with E-state index in [2.05, 4.69) is 0 Å². The average molecular weight is 204 g/mol. The van der Waals surface area contributed by atoms with Gasteiger partial charge in [-0.3, -0.25) is 5.41 Å². The first-order chi connectivity index (χ1) is 7.24. The molecule has 0 heterocycles. The molecule has 3 heteroatoms. The van der Waals surface area contributed by atoms with Gasteiger partial charge in [0.2, 0.25) is 0 Å². The number of hydrogen-bond acceptors (Lipinski definition) is 2. The number of benzene rings is 1. The molecule has 0 bridgehead atoms. The largest absolute Gasteiger partial charge is 0.495 e. The van der Waals surface area contributed by atoms with Crippen LogP contribution in [-0.2, 0) is 0 Å². The van der Waals surface area contributed by atoms with E-state index in [0.29, 0.717) is 11.8 Å². The second-order valence-corrected chi connectivity index (χ2v) is 3.89. The molecule has 0 aliphatic heterocycles. The highest BCUT2D eigenvalue weighted by molar-refractivity contribution is 5.99. The number of rotatable bonds is 3.